The second-order valence-corrected chi connectivity index (χ2v) is 7.84. The number of nitriles is 1. The van der Waals surface area contributed by atoms with Crippen molar-refractivity contribution in [2.75, 3.05) is 11.4 Å². The van der Waals surface area contributed by atoms with Crippen LogP contribution in [0.15, 0.2) is 24.3 Å². The molecule has 1 heterocycles. The second kappa shape index (κ2) is 8.26. The molecule has 25 heavy (non-hydrogen) atoms. The van der Waals surface area contributed by atoms with Crippen LogP contribution >= 0.6 is 11.3 Å². The van der Waals surface area contributed by atoms with E-state index < -0.39 is 0 Å². The van der Waals surface area contributed by atoms with Crippen LogP contribution in [-0.4, -0.2) is 17.8 Å². The second-order valence-electron chi connectivity index (χ2n) is 6.66. The van der Waals surface area contributed by atoms with Gasteiger partial charge in [-0.1, -0.05) is 25.7 Å². The molecule has 130 valence electrons. The van der Waals surface area contributed by atoms with E-state index in [0.29, 0.717) is 11.3 Å². The summed E-state index contributed by atoms with van der Waals surface area (Å²) in [7, 11) is 0. The SMILES string of the molecule is Cc1sc(N(CCCC2CCCC2)c2ccc(C#N)cc2)nc1C=O. The standard InChI is InChI=1S/C20H23N3OS/c1-15-19(14-24)22-20(25-15)23(12-4-7-16-5-2-3-6-16)18-10-8-17(13-21)9-11-18/h8-11,14,16H,2-7,12H2,1H3. The lowest BCUT2D eigenvalue weighted by Gasteiger charge is -2.23. The smallest absolute Gasteiger partial charge is 0.190 e. The zero-order chi connectivity index (χ0) is 17.6. The van der Waals surface area contributed by atoms with E-state index in [-0.39, 0.29) is 0 Å². The first kappa shape index (κ1) is 17.6. The Morgan fingerprint density at radius 1 is 1.32 bits per heavy atom. The van der Waals surface area contributed by atoms with E-state index in [2.05, 4.69) is 16.0 Å². The number of carbonyl (C=O) groups excluding carboxylic acids is 1. The maximum atomic E-state index is 11.2. The van der Waals surface area contributed by atoms with Crippen molar-refractivity contribution in [2.45, 2.75) is 45.4 Å². The van der Waals surface area contributed by atoms with Crippen molar-refractivity contribution < 1.29 is 4.79 Å². The molecule has 1 fully saturated rings. The van der Waals surface area contributed by atoms with Gasteiger partial charge in [0.2, 0.25) is 0 Å². The molecule has 0 atom stereocenters. The minimum absolute atomic E-state index is 0.523. The highest BCUT2D eigenvalue weighted by atomic mass is 32.1. The third-order valence-corrected chi connectivity index (χ3v) is 5.95. The molecule has 0 saturated heterocycles. The third-order valence-electron chi connectivity index (χ3n) is 4.94. The molecule has 1 aromatic heterocycles. The van der Waals surface area contributed by atoms with Crippen LogP contribution in [0, 0.1) is 24.2 Å². The first-order valence-electron chi connectivity index (χ1n) is 8.91. The summed E-state index contributed by atoms with van der Waals surface area (Å²) in [5.41, 5.74) is 2.20. The Kier molecular flexibility index (Phi) is 5.83. The van der Waals surface area contributed by atoms with E-state index in [1.54, 1.807) is 11.3 Å². The predicted molar refractivity (Wildman–Crippen MR) is 102 cm³/mol. The van der Waals surface area contributed by atoms with E-state index >= 15 is 0 Å². The van der Waals surface area contributed by atoms with Crippen molar-refractivity contribution in [1.82, 2.24) is 4.98 Å². The topological polar surface area (TPSA) is 57.0 Å². The highest BCUT2D eigenvalue weighted by Gasteiger charge is 2.18. The van der Waals surface area contributed by atoms with Gasteiger partial charge in [-0.3, -0.25) is 4.79 Å². The Labute approximate surface area is 153 Å². The molecule has 1 aromatic carbocycles. The van der Waals surface area contributed by atoms with Crippen LogP contribution in [0.2, 0.25) is 0 Å². The Morgan fingerprint density at radius 2 is 2.04 bits per heavy atom. The lowest BCUT2D eigenvalue weighted by molar-refractivity contribution is 0.111. The van der Waals surface area contributed by atoms with Crippen molar-refractivity contribution in [3.05, 3.63) is 40.4 Å². The number of thiazole rings is 1. The molecule has 0 radical (unpaired) electrons. The summed E-state index contributed by atoms with van der Waals surface area (Å²) < 4.78 is 0. The number of aromatic nitrogens is 1. The average molecular weight is 353 g/mol. The van der Waals surface area contributed by atoms with Crippen molar-refractivity contribution in [2.24, 2.45) is 5.92 Å². The Bertz CT molecular complexity index is 754. The number of aldehydes is 1. The fourth-order valence-electron chi connectivity index (χ4n) is 3.51. The van der Waals surface area contributed by atoms with Gasteiger partial charge < -0.3 is 4.90 Å². The van der Waals surface area contributed by atoms with Crippen LogP contribution in [-0.2, 0) is 0 Å². The number of anilines is 2. The predicted octanol–water partition coefficient (Wildman–Crippen LogP) is 5.24. The molecule has 1 aliphatic carbocycles. The molecular weight excluding hydrogens is 330 g/mol. The lowest BCUT2D eigenvalue weighted by Crippen LogP contribution is -2.19. The molecule has 5 heteroatoms. The normalized spacial score (nSPS) is 14.4. The maximum Gasteiger partial charge on any atom is 0.190 e. The van der Waals surface area contributed by atoms with Crippen molar-refractivity contribution in [1.29, 1.82) is 5.26 Å². The minimum atomic E-state index is 0.523. The van der Waals surface area contributed by atoms with Crippen molar-refractivity contribution in [3.63, 3.8) is 0 Å². The summed E-state index contributed by atoms with van der Waals surface area (Å²) >= 11 is 1.55. The summed E-state index contributed by atoms with van der Waals surface area (Å²) in [5.74, 6) is 0.867. The number of hydrogen-bond donors (Lipinski definition) is 0. The summed E-state index contributed by atoms with van der Waals surface area (Å²) in [5, 5.41) is 9.86. The Balaban J connectivity index is 1.78. The number of aryl methyl sites for hydroxylation is 1. The molecule has 1 saturated carbocycles. The van der Waals surface area contributed by atoms with Crippen LogP contribution in [0.1, 0.15) is 59.5 Å². The maximum absolute atomic E-state index is 11.2. The molecule has 0 amide bonds. The summed E-state index contributed by atoms with van der Waals surface area (Å²) in [6.45, 7) is 2.81. The zero-order valence-electron chi connectivity index (χ0n) is 14.6. The lowest BCUT2D eigenvalue weighted by atomic mass is 10.0. The van der Waals surface area contributed by atoms with Gasteiger partial charge in [-0.15, -0.1) is 11.3 Å². The van der Waals surface area contributed by atoms with E-state index in [4.69, 9.17) is 5.26 Å². The van der Waals surface area contributed by atoms with Crippen molar-refractivity contribution >= 4 is 28.4 Å². The molecule has 0 bridgehead atoms. The van der Waals surface area contributed by atoms with Crippen LogP contribution in [0.25, 0.3) is 0 Å². The van der Waals surface area contributed by atoms with E-state index in [1.807, 2.05) is 31.2 Å². The fourth-order valence-corrected chi connectivity index (χ4v) is 4.43. The molecule has 3 rings (SSSR count). The van der Waals surface area contributed by atoms with Gasteiger partial charge in [0.05, 0.1) is 11.6 Å². The number of rotatable bonds is 7. The molecule has 1 aliphatic rings. The number of benzene rings is 1. The molecule has 0 unspecified atom stereocenters. The largest absolute Gasteiger partial charge is 0.318 e. The van der Waals surface area contributed by atoms with Gasteiger partial charge >= 0.3 is 0 Å². The summed E-state index contributed by atoms with van der Waals surface area (Å²) in [6, 6.07) is 9.75. The molecule has 0 aliphatic heterocycles. The molecule has 4 nitrogen and oxygen atoms in total. The third kappa shape index (κ3) is 4.26. The minimum Gasteiger partial charge on any atom is -0.318 e. The van der Waals surface area contributed by atoms with Crippen LogP contribution in [0.5, 0.6) is 0 Å². The fraction of sp³-hybridized carbons (Fsp3) is 0.450. The summed E-state index contributed by atoms with van der Waals surface area (Å²) in [4.78, 5) is 18.8. The van der Waals surface area contributed by atoms with Gasteiger partial charge in [-0.25, -0.2) is 4.98 Å². The first-order valence-corrected chi connectivity index (χ1v) is 9.73. The van der Waals surface area contributed by atoms with Gasteiger partial charge in [0.15, 0.2) is 11.4 Å². The van der Waals surface area contributed by atoms with Gasteiger partial charge in [0.1, 0.15) is 5.69 Å². The quantitative estimate of drug-likeness (QED) is 0.638. The van der Waals surface area contributed by atoms with Crippen LogP contribution < -0.4 is 4.90 Å². The summed E-state index contributed by atoms with van der Waals surface area (Å²) in [6.07, 6.45) is 8.66. The Morgan fingerprint density at radius 3 is 2.64 bits per heavy atom. The average Bonchev–Trinajstić information content (AvgIpc) is 3.28. The highest BCUT2D eigenvalue weighted by molar-refractivity contribution is 7.15. The molecular formula is C20H23N3OS. The monoisotopic (exact) mass is 353 g/mol. The van der Waals surface area contributed by atoms with Gasteiger partial charge in [-0.2, -0.15) is 5.26 Å². The van der Waals surface area contributed by atoms with Gasteiger partial charge in [0, 0.05) is 17.1 Å². The van der Waals surface area contributed by atoms with E-state index in [0.717, 1.165) is 40.9 Å². The van der Waals surface area contributed by atoms with E-state index in [9.17, 15) is 4.79 Å². The first-order chi connectivity index (χ1) is 12.2. The van der Waals surface area contributed by atoms with Crippen molar-refractivity contribution in [3.8, 4) is 6.07 Å². The van der Waals surface area contributed by atoms with Crippen LogP contribution in [0.3, 0.4) is 0 Å². The van der Waals surface area contributed by atoms with E-state index in [1.165, 1.54) is 32.1 Å². The van der Waals surface area contributed by atoms with Gasteiger partial charge in [-0.05, 0) is 49.9 Å². The van der Waals surface area contributed by atoms with Gasteiger partial charge in [0.25, 0.3) is 0 Å². The molecule has 2 aromatic rings. The number of nitrogens with zero attached hydrogens (tertiary/aromatic N) is 3. The molecule has 0 spiro atoms. The Hall–Kier alpha value is -2.19. The molecule has 0 N–H and O–H groups in total. The zero-order valence-corrected chi connectivity index (χ0v) is 15.4. The number of hydrogen-bond acceptors (Lipinski definition) is 5. The highest BCUT2D eigenvalue weighted by Crippen LogP contribution is 2.33. The van der Waals surface area contributed by atoms with Crippen LogP contribution in [0.4, 0.5) is 10.8 Å². The number of carbonyl (C=O) groups is 1.